The van der Waals surface area contributed by atoms with Crippen LogP contribution in [0, 0.1) is 0 Å². The fraction of sp³-hybridized carbons (Fsp3) is 0.400. The van der Waals surface area contributed by atoms with Gasteiger partial charge in [-0.1, -0.05) is 12.1 Å². The average molecular weight is 535 g/mol. The Hall–Kier alpha value is -3.09. The summed E-state index contributed by atoms with van der Waals surface area (Å²) in [5.41, 5.74) is -0.106. The predicted molar refractivity (Wildman–Crippen MR) is 128 cm³/mol. The smallest absolute Gasteiger partial charge is 0.379 e. The lowest BCUT2D eigenvalue weighted by molar-refractivity contribution is -0.187. The average Bonchev–Trinajstić information content (AvgIpc) is 2.87. The highest BCUT2D eigenvalue weighted by molar-refractivity contribution is 7.92. The molecule has 1 aliphatic heterocycles. The van der Waals surface area contributed by atoms with Crippen LogP contribution in [-0.4, -0.2) is 53.2 Å². The van der Waals surface area contributed by atoms with E-state index in [0.717, 1.165) is 17.8 Å². The predicted octanol–water partition coefficient (Wildman–Crippen LogP) is 3.97. The lowest BCUT2D eigenvalue weighted by atomic mass is 9.95. The fourth-order valence-corrected chi connectivity index (χ4v) is 6.39. The molecule has 0 bridgehead atoms. The first-order valence-electron chi connectivity index (χ1n) is 11.8. The number of aromatic nitrogens is 3. The van der Waals surface area contributed by atoms with Crippen molar-refractivity contribution in [2.75, 3.05) is 18.5 Å². The van der Waals surface area contributed by atoms with Crippen molar-refractivity contribution in [3.63, 3.8) is 0 Å². The van der Waals surface area contributed by atoms with E-state index in [1.807, 2.05) is 0 Å². The summed E-state index contributed by atoms with van der Waals surface area (Å²) >= 11 is 0. The summed E-state index contributed by atoms with van der Waals surface area (Å²) in [5.74, 6) is 0.334. The third kappa shape index (κ3) is 5.32. The first-order valence-corrected chi connectivity index (χ1v) is 13.4. The number of hydrogen-bond acceptors (Lipinski definition) is 8. The number of halogens is 3. The highest BCUT2D eigenvalue weighted by Crippen LogP contribution is 2.33. The molecule has 196 valence electrons. The van der Waals surface area contributed by atoms with Gasteiger partial charge >= 0.3 is 6.18 Å². The maximum absolute atomic E-state index is 13.3. The number of hydrogen-bond donors (Lipinski definition) is 2. The van der Waals surface area contributed by atoms with Crippen molar-refractivity contribution in [1.29, 1.82) is 0 Å². The monoisotopic (exact) mass is 534 g/mol. The highest BCUT2D eigenvalue weighted by atomic mass is 32.2. The molecule has 1 aliphatic carbocycles. The molecule has 5 rings (SSSR count). The lowest BCUT2D eigenvalue weighted by Gasteiger charge is -2.35. The van der Waals surface area contributed by atoms with Crippen molar-refractivity contribution in [3.8, 4) is 11.1 Å². The Balaban J connectivity index is 1.21. The van der Waals surface area contributed by atoms with Crippen LogP contribution in [0.3, 0.4) is 0 Å². The lowest BCUT2D eigenvalue weighted by Crippen LogP contribution is -2.47. The van der Waals surface area contributed by atoms with Crippen molar-refractivity contribution < 1.29 is 31.4 Å². The van der Waals surface area contributed by atoms with Crippen LogP contribution in [0.25, 0.3) is 11.1 Å². The maximum Gasteiger partial charge on any atom is 0.417 e. The van der Waals surface area contributed by atoms with Crippen molar-refractivity contribution in [2.45, 2.75) is 53.6 Å². The molecular formula is C25H25F3N4O4S. The molecule has 0 radical (unpaired) electrons. The van der Waals surface area contributed by atoms with Crippen LogP contribution < -0.4 is 5.32 Å². The van der Waals surface area contributed by atoms with Gasteiger partial charge in [-0.3, -0.25) is 0 Å². The maximum atomic E-state index is 13.3. The molecule has 0 unspecified atom stereocenters. The molecule has 1 saturated heterocycles. The van der Waals surface area contributed by atoms with Gasteiger partial charge in [-0.05, 0) is 61.6 Å². The minimum atomic E-state index is -4.44. The van der Waals surface area contributed by atoms with Crippen LogP contribution in [0.15, 0.2) is 59.8 Å². The Morgan fingerprint density at radius 2 is 1.68 bits per heavy atom. The summed E-state index contributed by atoms with van der Waals surface area (Å²) in [6.07, 6.45) is -0.126. The van der Waals surface area contributed by atoms with Crippen LogP contribution in [0.2, 0.25) is 0 Å². The number of pyridine rings is 1. The van der Waals surface area contributed by atoms with E-state index in [1.54, 1.807) is 36.5 Å². The molecule has 1 aromatic carbocycles. The van der Waals surface area contributed by atoms with Crippen LogP contribution in [0.1, 0.15) is 36.9 Å². The number of anilines is 1. The number of benzene rings is 1. The first-order chi connectivity index (χ1) is 17.5. The second-order valence-electron chi connectivity index (χ2n) is 9.47. The van der Waals surface area contributed by atoms with Gasteiger partial charge in [-0.25, -0.2) is 13.4 Å². The van der Waals surface area contributed by atoms with Gasteiger partial charge in [0.2, 0.25) is 0 Å². The molecule has 0 amide bonds. The van der Waals surface area contributed by atoms with E-state index in [-0.39, 0.29) is 24.2 Å². The van der Waals surface area contributed by atoms with Gasteiger partial charge in [0, 0.05) is 17.8 Å². The topological polar surface area (TPSA) is 114 Å². The van der Waals surface area contributed by atoms with Crippen molar-refractivity contribution in [1.82, 2.24) is 15.2 Å². The number of nitrogens with one attached hydrogen (secondary N) is 1. The number of sulfone groups is 1. The van der Waals surface area contributed by atoms with E-state index in [0.29, 0.717) is 42.8 Å². The third-order valence-electron chi connectivity index (χ3n) is 6.89. The van der Waals surface area contributed by atoms with E-state index < -0.39 is 32.4 Å². The summed E-state index contributed by atoms with van der Waals surface area (Å²) < 4.78 is 69.7. The molecule has 2 aliphatic rings. The number of nitrogens with zero attached hydrogens (tertiary/aromatic N) is 3. The second-order valence-corrected chi connectivity index (χ2v) is 11.7. The van der Waals surface area contributed by atoms with E-state index >= 15 is 0 Å². The van der Waals surface area contributed by atoms with Crippen LogP contribution in [0.4, 0.5) is 19.0 Å². The minimum absolute atomic E-state index is 0.0673. The van der Waals surface area contributed by atoms with Gasteiger partial charge in [0.1, 0.15) is 11.5 Å². The molecule has 12 heteroatoms. The summed E-state index contributed by atoms with van der Waals surface area (Å²) in [5, 5.41) is 21.0. The van der Waals surface area contributed by atoms with Gasteiger partial charge in [-0.2, -0.15) is 23.4 Å². The van der Waals surface area contributed by atoms with Gasteiger partial charge < -0.3 is 15.2 Å². The summed E-state index contributed by atoms with van der Waals surface area (Å²) in [4.78, 5) is 4.06. The van der Waals surface area contributed by atoms with E-state index in [2.05, 4.69) is 20.5 Å². The van der Waals surface area contributed by atoms with E-state index in [4.69, 9.17) is 4.74 Å². The third-order valence-corrected chi connectivity index (χ3v) is 9.16. The molecular weight excluding hydrogens is 509 g/mol. The van der Waals surface area contributed by atoms with Crippen molar-refractivity contribution >= 4 is 15.7 Å². The van der Waals surface area contributed by atoms with Crippen LogP contribution >= 0.6 is 0 Å². The molecule has 0 spiro atoms. The van der Waals surface area contributed by atoms with Crippen molar-refractivity contribution in [2.24, 2.45) is 0 Å². The quantitative estimate of drug-likeness (QED) is 0.488. The van der Waals surface area contributed by atoms with Gasteiger partial charge in [0.25, 0.3) is 0 Å². The van der Waals surface area contributed by atoms with E-state index in [9.17, 15) is 26.7 Å². The number of alkyl halides is 3. The summed E-state index contributed by atoms with van der Waals surface area (Å²) in [6.45, 7) is 0.307. The standard InChI is InChI=1S/C25H25F3N4O4S/c26-25(27,28)18-3-10-23(29-13-18)31-19-4-8-21(9-5-19)37(34,35)20-6-1-16(2-7-20)17-11-22(32-30-12-17)24(33)14-36-15-24/h1-3,6-7,10-13,19,21,33H,4-5,8-9,14-15H2,(H,29,31). The molecule has 2 N–H and O–H groups in total. The molecule has 8 nitrogen and oxygen atoms in total. The minimum Gasteiger partial charge on any atom is -0.379 e. The normalized spacial score (nSPS) is 21.7. The molecule has 3 aromatic rings. The van der Waals surface area contributed by atoms with Gasteiger partial charge in [-0.15, -0.1) is 0 Å². The highest BCUT2D eigenvalue weighted by Gasteiger charge is 2.40. The Morgan fingerprint density at radius 3 is 2.24 bits per heavy atom. The van der Waals surface area contributed by atoms with Gasteiger partial charge in [0.15, 0.2) is 15.4 Å². The van der Waals surface area contributed by atoms with Crippen molar-refractivity contribution in [3.05, 3.63) is 66.1 Å². The molecule has 37 heavy (non-hydrogen) atoms. The molecule has 2 fully saturated rings. The molecule has 0 atom stereocenters. The van der Waals surface area contributed by atoms with Crippen LogP contribution in [0.5, 0.6) is 0 Å². The molecule has 3 heterocycles. The largest absolute Gasteiger partial charge is 0.417 e. The Morgan fingerprint density at radius 1 is 0.973 bits per heavy atom. The summed E-state index contributed by atoms with van der Waals surface area (Å²) in [7, 11) is -3.56. The molecule has 2 aromatic heterocycles. The van der Waals surface area contributed by atoms with Crippen LogP contribution in [-0.2, 0) is 26.4 Å². The van der Waals surface area contributed by atoms with E-state index in [1.165, 1.54) is 6.07 Å². The summed E-state index contributed by atoms with van der Waals surface area (Å²) in [6, 6.07) is 10.5. The zero-order valence-corrected chi connectivity index (χ0v) is 20.5. The Kier molecular flexibility index (Phi) is 6.67. The Labute approximate surface area is 211 Å². The zero-order valence-electron chi connectivity index (χ0n) is 19.6. The van der Waals surface area contributed by atoms with Gasteiger partial charge in [0.05, 0.1) is 35.1 Å². The number of ether oxygens (including phenoxy) is 1. The zero-order chi connectivity index (χ0) is 26.3. The number of aliphatic hydroxyl groups is 1. The second kappa shape index (κ2) is 9.66. The fourth-order valence-electron chi connectivity index (χ4n) is 4.60. The first kappa shape index (κ1) is 25.6. The Bertz CT molecular complexity index is 1350. The SMILES string of the molecule is O=S(=O)(c1ccc(-c2cnnc(C3(O)COC3)c2)cc1)C1CCC(Nc2ccc(C(F)(F)F)cn2)CC1. The molecule has 1 saturated carbocycles. The number of rotatable bonds is 6.